The number of nitrogens with zero attached hydrogens (tertiary/aromatic N) is 1. The van der Waals surface area contributed by atoms with Gasteiger partial charge >= 0.3 is 0 Å². The first-order chi connectivity index (χ1) is 11.2. The van der Waals surface area contributed by atoms with Crippen LogP contribution in [0.5, 0.6) is 0 Å². The summed E-state index contributed by atoms with van der Waals surface area (Å²) in [6, 6.07) is 17.5. The standard InChI is InChI=1S/C18H16N2OS2/c21-17(15-8-6-14(12-22)7-9-15)20-18-19-11-16(23-18)10-13-4-2-1-3-5-13/h1-9,11,22H,10,12H2,(H,19,20,21)/p-1. The third-order valence-corrected chi connectivity index (χ3v) is 4.62. The van der Waals surface area contributed by atoms with Crippen molar-refractivity contribution in [3.63, 3.8) is 0 Å². The molecule has 23 heavy (non-hydrogen) atoms. The van der Waals surface area contributed by atoms with Crippen molar-refractivity contribution in [3.8, 4) is 0 Å². The lowest BCUT2D eigenvalue weighted by Gasteiger charge is -2.05. The molecule has 116 valence electrons. The first kappa shape index (κ1) is 15.8. The molecule has 3 nitrogen and oxygen atoms in total. The highest BCUT2D eigenvalue weighted by molar-refractivity contribution is 7.57. The Labute approximate surface area is 144 Å². The van der Waals surface area contributed by atoms with E-state index in [1.807, 2.05) is 36.5 Å². The zero-order valence-electron chi connectivity index (χ0n) is 12.4. The third-order valence-electron chi connectivity index (χ3n) is 3.38. The van der Waals surface area contributed by atoms with Gasteiger partial charge in [0.2, 0.25) is 0 Å². The summed E-state index contributed by atoms with van der Waals surface area (Å²) >= 11 is 6.48. The number of thiazole rings is 1. The van der Waals surface area contributed by atoms with Crippen LogP contribution in [0.2, 0.25) is 0 Å². The van der Waals surface area contributed by atoms with Crippen LogP contribution < -0.4 is 5.32 Å². The van der Waals surface area contributed by atoms with Crippen molar-refractivity contribution in [3.05, 3.63) is 82.4 Å². The van der Waals surface area contributed by atoms with Crippen molar-refractivity contribution in [1.82, 2.24) is 4.98 Å². The maximum Gasteiger partial charge on any atom is 0.257 e. The molecule has 5 heteroatoms. The van der Waals surface area contributed by atoms with Crippen molar-refractivity contribution in [2.24, 2.45) is 0 Å². The van der Waals surface area contributed by atoms with Gasteiger partial charge in [0, 0.05) is 23.1 Å². The maximum atomic E-state index is 12.2. The Bertz CT molecular complexity index is 782. The van der Waals surface area contributed by atoms with E-state index in [9.17, 15) is 4.79 Å². The number of anilines is 1. The monoisotopic (exact) mass is 339 g/mol. The van der Waals surface area contributed by atoms with Crippen molar-refractivity contribution in [1.29, 1.82) is 0 Å². The van der Waals surface area contributed by atoms with Gasteiger partial charge in [-0.3, -0.25) is 10.1 Å². The summed E-state index contributed by atoms with van der Waals surface area (Å²) in [7, 11) is 0. The molecule has 2 aromatic carbocycles. The number of hydrogen-bond acceptors (Lipinski definition) is 4. The van der Waals surface area contributed by atoms with Crippen LogP contribution in [0.25, 0.3) is 0 Å². The second kappa shape index (κ2) is 7.44. The molecule has 0 fully saturated rings. The van der Waals surface area contributed by atoms with E-state index in [0.717, 1.165) is 16.9 Å². The van der Waals surface area contributed by atoms with Crippen molar-refractivity contribution in [2.45, 2.75) is 12.2 Å². The molecule has 0 saturated carbocycles. The number of amides is 1. The predicted octanol–water partition coefficient (Wildman–Crippen LogP) is 4.03. The highest BCUT2D eigenvalue weighted by Crippen LogP contribution is 2.21. The molecule has 1 amide bonds. The molecular weight excluding hydrogens is 324 g/mol. The van der Waals surface area contributed by atoms with Crippen LogP contribution in [0, 0.1) is 0 Å². The van der Waals surface area contributed by atoms with Gasteiger partial charge in [-0.2, -0.15) is 5.75 Å². The van der Waals surface area contributed by atoms with E-state index in [-0.39, 0.29) is 5.91 Å². The van der Waals surface area contributed by atoms with E-state index in [1.54, 1.807) is 12.1 Å². The van der Waals surface area contributed by atoms with Crippen LogP contribution in [0.4, 0.5) is 5.13 Å². The van der Waals surface area contributed by atoms with Gasteiger partial charge in [0.05, 0.1) is 0 Å². The van der Waals surface area contributed by atoms with Crippen LogP contribution in [0.15, 0.2) is 60.8 Å². The highest BCUT2D eigenvalue weighted by atomic mass is 32.1. The number of carbonyl (C=O) groups is 1. The summed E-state index contributed by atoms with van der Waals surface area (Å²) in [6.07, 6.45) is 2.63. The number of carbonyl (C=O) groups excluding carboxylic acids is 1. The first-order valence-electron chi connectivity index (χ1n) is 7.21. The molecule has 0 aliphatic rings. The smallest absolute Gasteiger partial charge is 0.257 e. The number of benzene rings is 2. The van der Waals surface area contributed by atoms with Crippen LogP contribution in [0.3, 0.4) is 0 Å². The lowest BCUT2D eigenvalue weighted by molar-refractivity contribution is 0.102. The molecule has 0 aliphatic heterocycles. The largest absolute Gasteiger partial charge is 0.788 e. The average Bonchev–Trinajstić information content (AvgIpc) is 3.02. The highest BCUT2D eigenvalue weighted by Gasteiger charge is 2.09. The van der Waals surface area contributed by atoms with E-state index in [1.165, 1.54) is 16.9 Å². The molecule has 0 aliphatic carbocycles. The molecule has 1 heterocycles. The van der Waals surface area contributed by atoms with Crippen molar-refractivity contribution < 1.29 is 4.79 Å². The van der Waals surface area contributed by atoms with Gasteiger partial charge in [0.15, 0.2) is 5.13 Å². The van der Waals surface area contributed by atoms with Crippen LogP contribution in [-0.4, -0.2) is 10.9 Å². The fourth-order valence-electron chi connectivity index (χ4n) is 2.17. The Hall–Kier alpha value is -2.11. The normalized spacial score (nSPS) is 10.5. The summed E-state index contributed by atoms with van der Waals surface area (Å²) in [4.78, 5) is 17.6. The number of aromatic nitrogens is 1. The van der Waals surface area contributed by atoms with E-state index in [2.05, 4.69) is 22.4 Å². The minimum Gasteiger partial charge on any atom is -0.788 e. The van der Waals surface area contributed by atoms with Gasteiger partial charge in [0.1, 0.15) is 0 Å². The number of hydrogen-bond donors (Lipinski definition) is 1. The maximum absolute atomic E-state index is 12.2. The summed E-state index contributed by atoms with van der Waals surface area (Å²) in [5, 5.41) is 3.46. The van der Waals surface area contributed by atoms with Crippen molar-refractivity contribution in [2.75, 3.05) is 5.32 Å². The zero-order chi connectivity index (χ0) is 16.1. The summed E-state index contributed by atoms with van der Waals surface area (Å²) < 4.78 is 0. The van der Waals surface area contributed by atoms with Crippen LogP contribution in [-0.2, 0) is 24.8 Å². The Morgan fingerprint density at radius 3 is 2.48 bits per heavy atom. The SMILES string of the molecule is O=C(Nc1ncc(Cc2ccccc2)s1)c1ccc(C[S-])cc1. The molecule has 0 radical (unpaired) electrons. The summed E-state index contributed by atoms with van der Waals surface area (Å²) in [5.41, 5.74) is 2.88. The lowest BCUT2D eigenvalue weighted by Crippen LogP contribution is -2.11. The van der Waals surface area contributed by atoms with Gasteiger partial charge in [0.25, 0.3) is 5.91 Å². The second-order valence-electron chi connectivity index (χ2n) is 5.09. The quantitative estimate of drug-likeness (QED) is 0.714. The molecule has 3 rings (SSSR count). The van der Waals surface area contributed by atoms with E-state index in [4.69, 9.17) is 12.6 Å². The van der Waals surface area contributed by atoms with E-state index >= 15 is 0 Å². The number of nitrogens with one attached hydrogen (secondary N) is 1. The van der Waals surface area contributed by atoms with Gasteiger partial charge in [-0.05, 0) is 17.7 Å². The molecule has 0 bridgehead atoms. The molecule has 0 saturated heterocycles. The molecule has 0 spiro atoms. The molecule has 0 atom stereocenters. The molecule has 1 aromatic heterocycles. The molecule has 3 aromatic rings. The third kappa shape index (κ3) is 4.21. The van der Waals surface area contributed by atoms with Gasteiger partial charge in [-0.1, -0.05) is 48.0 Å². The van der Waals surface area contributed by atoms with Gasteiger partial charge < -0.3 is 12.6 Å². The van der Waals surface area contributed by atoms with Crippen LogP contribution >= 0.6 is 11.3 Å². The summed E-state index contributed by atoms with van der Waals surface area (Å²) in [5.74, 6) is 0.401. The Balaban J connectivity index is 1.65. The predicted molar refractivity (Wildman–Crippen MR) is 96.8 cm³/mol. The fraction of sp³-hybridized carbons (Fsp3) is 0.111. The van der Waals surface area contributed by atoms with Gasteiger partial charge in [-0.15, -0.1) is 11.3 Å². The zero-order valence-corrected chi connectivity index (χ0v) is 14.0. The fourth-order valence-corrected chi connectivity index (χ4v) is 3.20. The minimum atomic E-state index is -0.151. The number of rotatable bonds is 5. The minimum absolute atomic E-state index is 0.151. The lowest BCUT2D eigenvalue weighted by atomic mass is 10.1. The summed E-state index contributed by atoms with van der Waals surface area (Å²) in [6.45, 7) is 0. The van der Waals surface area contributed by atoms with Gasteiger partial charge in [-0.25, -0.2) is 4.98 Å². The molecule has 0 unspecified atom stereocenters. The van der Waals surface area contributed by atoms with Crippen molar-refractivity contribution >= 4 is 35.0 Å². The van der Waals surface area contributed by atoms with E-state index < -0.39 is 0 Å². The molecule has 1 N–H and O–H groups in total. The second-order valence-corrected chi connectivity index (χ2v) is 6.49. The van der Waals surface area contributed by atoms with Crippen LogP contribution in [0.1, 0.15) is 26.4 Å². The first-order valence-corrected chi connectivity index (χ1v) is 8.61. The molecular formula is C18H15N2OS2-. The topological polar surface area (TPSA) is 42.0 Å². The Morgan fingerprint density at radius 1 is 1.04 bits per heavy atom. The average molecular weight is 339 g/mol. The van der Waals surface area contributed by atoms with E-state index in [0.29, 0.717) is 16.4 Å². The Morgan fingerprint density at radius 2 is 1.78 bits per heavy atom. The Kier molecular flexibility index (Phi) is 5.10.